The number of benzene rings is 1. The molecule has 0 bridgehead atoms. The van der Waals surface area contributed by atoms with Gasteiger partial charge in [-0.25, -0.2) is 4.79 Å². The molecule has 1 aliphatic heterocycles. The lowest BCUT2D eigenvalue weighted by atomic mass is 10.1. The summed E-state index contributed by atoms with van der Waals surface area (Å²) in [4.78, 5) is 17.1. The molecule has 1 saturated carbocycles. The molecule has 2 aliphatic rings. The van der Waals surface area contributed by atoms with Crippen LogP contribution in [0.15, 0.2) is 18.2 Å². The van der Waals surface area contributed by atoms with Crippen LogP contribution in [0, 0.1) is 13.8 Å². The van der Waals surface area contributed by atoms with Crippen LogP contribution in [0.1, 0.15) is 49.7 Å². The van der Waals surface area contributed by atoms with Gasteiger partial charge in [-0.15, -0.1) is 0 Å². The van der Waals surface area contributed by atoms with Crippen LogP contribution in [0.25, 0.3) is 0 Å². The van der Waals surface area contributed by atoms with Gasteiger partial charge in [0.2, 0.25) is 0 Å². The summed E-state index contributed by atoms with van der Waals surface area (Å²) in [6, 6.07) is 6.89. The van der Waals surface area contributed by atoms with E-state index in [0.29, 0.717) is 0 Å². The Morgan fingerprint density at radius 1 is 0.958 bits per heavy atom. The lowest BCUT2D eigenvalue weighted by Gasteiger charge is -2.39. The first-order valence-electron chi connectivity index (χ1n) is 9.51. The maximum atomic E-state index is 12.5. The average Bonchev–Trinajstić information content (AvgIpc) is 2.88. The third-order valence-electron chi connectivity index (χ3n) is 5.70. The number of piperazine rings is 1. The summed E-state index contributed by atoms with van der Waals surface area (Å²) in [5, 5.41) is 3.05. The van der Waals surface area contributed by atoms with Crippen molar-refractivity contribution in [2.45, 2.75) is 58.4 Å². The molecule has 1 saturated heterocycles. The Morgan fingerprint density at radius 2 is 1.62 bits per heavy atom. The highest BCUT2D eigenvalue weighted by molar-refractivity contribution is 5.89. The molecule has 1 N–H and O–H groups in total. The first kappa shape index (κ1) is 17.3. The summed E-state index contributed by atoms with van der Waals surface area (Å²) in [6.45, 7) is 7.89. The fraction of sp³-hybridized carbons (Fsp3) is 0.650. The van der Waals surface area contributed by atoms with Crippen LogP contribution in [-0.4, -0.2) is 48.1 Å². The summed E-state index contributed by atoms with van der Waals surface area (Å²) >= 11 is 0. The van der Waals surface area contributed by atoms with Crippen molar-refractivity contribution in [3.8, 4) is 0 Å². The first-order valence-corrected chi connectivity index (χ1v) is 9.51. The largest absolute Gasteiger partial charge is 0.322 e. The van der Waals surface area contributed by atoms with Gasteiger partial charge in [-0.3, -0.25) is 4.90 Å². The van der Waals surface area contributed by atoms with Crippen LogP contribution in [0.5, 0.6) is 0 Å². The Labute approximate surface area is 146 Å². The van der Waals surface area contributed by atoms with Crippen molar-refractivity contribution in [3.63, 3.8) is 0 Å². The van der Waals surface area contributed by atoms with E-state index in [1.807, 2.05) is 11.0 Å². The van der Waals surface area contributed by atoms with E-state index in [-0.39, 0.29) is 6.03 Å². The molecule has 0 radical (unpaired) electrons. The minimum absolute atomic E-state index is 0.0405. The van der Waals surface area contributed by atoms with Gasteiger partial charge in [-0.05, 0) is 49.9 Å². The van der Waals surface area contributed by atoms with Crippen LogP contribution in [0.4, 0.5) is 10.5 Å². The van der Waals surface area contributed by atoms with Crippen LogP contribution in [0.3, 0.4) is 0 Å². The highest BCUT2D eigenvalue weighted by atomic mass is 16.2. The third-order valence-corrected chi connectivity index (χ3v) is 5.70. The van der Waals surface area contributed by atoms with Crippen LogP contribution in [0.2, 0.25) is 0 Å². The van der Waals surface area contributed by atoms with Crippen LogP contribution >= 0.6 is 0 Å². The van der Waals surface area contributed by atoms with E-state index >= 15 is 0 Å². The summed E-state index contributed by atoms with van der Waals surface area (Å²) in [5.74, 6) is 0. The quantitative estimate of drug-likeness (QED) is 0.826. The molecule has 1 aliphatic carbocycles. The van der Waals surface area contributed by atoms with E-state index in [9.17, 15) is 4.79 Å². The molecule has 4 heteroatoms. The van der Waals surface area contributed by atoms with E-state index in [4.69, 9.17) is 0 Å². The molecule has 24 heavy (non-hydrogen) atoms. The Bertz CT molecular complexity index is 556. The van der Waals surface area contributed by atoms with Gasteiger partial charge < -0.3 is 10.2 Å². The molecule has 0 atom stereocenters. The summed E-state index contributed by atoms with van der Waals surface area (Å²) in [6.07, 6.45) is 8.23. The van der Waals surface area contributed by atoms with Gasteiger partial charge in [0.25, 0.3) is 0 Å². The second-order valence-electron chi connectivity index (χ2n) is 7.40. The zero-order valence-electron chi connectivity index (χ0n) is 15.2. The fourth-order valence-electron chi connectivity index (χ4n) is 3.93. The van der Waals surface area contributed by atoms with Crippen LogP contribution < -0.4 is 5.32 Å². The molecule has 3 rings (SSSR count). The predicted molar refractivity (Wildman–Crippen MR) is 99.6 cm³/mol. The zero-order chi connectivity index (χ0) is 16.9. The van der Waals surface area contributed by atoms with Gasteiger partial charge in [-0.1, -0.05) is 31.7 Å². The maximum Gasteiger partial charge on any atom is 0.321 e. The van der Waals surface area contributed by atoms with Crippen molar-refractivity contribution in [3.05, 3.63) is 29.3 Å². The molecule has 0 aromatic heterocycles. The second-order valence-corrected chi connectivity index (χ2v) is 7.40. The normalized spacial score (nSPS) is 20.7. The number of aryl methyl sites for hydroxylation is 2. The summed E-state index contributed by atoms with van der Waals surface area (Å²) < 4.78 is 0. The standard InChI is InChI=1S/C20H31N3O/c1-16-9-10-18(15-17(16)2)21-20(24)23-13-11-22(12-14-23)19-7-5-3-4-6-8-19/h9-10,15,19H,3-8,11-14H2,1-2H3,(H,21,24). The minimum atomic E-state index is 0.0405. The fourth-order valence-corrected chi connectivity index (χ4v) is 3.93. The van der Waals surface area contributed by atoms with Gasteiger partial charge >= 0.3 is 6.03 Å². The smallest absolute Gasteiger partial charge is 0.321 e. The van der Waals surface area contributed by atoms with Gasteiger partial charge in [0.1, 0.15) is 0 Å². The molecule has 0 unspecified atom stereocenters. The summed E-state index contributed by atoms with van der Waals surface area (Å²) in [5.41, 5.74) is 3.37. The molecule has 1 heterocycles. The number of hydrogen-bond donors (Lipinski definition) is 1. The average molecular weight is 329 g/mol. The Kier molecular flexibility index (Phi) is 5.77. The molecule has 0 spiro atoms. The third kappa shape index (κ3) is 4.29. The van der Waals surface area contributed by atoms with Crippen molar-refractivity contribution < 1.29 is 4.79 Å². The van der Waals surface area contributed by atoms with Gasteiger partial charge in [0.05, 0.1) is 0 Å². The highest BCUT2D eigenvalue weighted by Gasteiger charge is 2.26. The van der Waals surface area contributed by atoms with E-state index in [1.54, 1.807) is 0 Å². The van der Waals surface area contributed by atoms with E-state index < -0.39 is 0 Å². The topological polar surface area (TPSA) is 35.6 Å². The number of carbonyl (C=O) groups is 1. The maximum absolute atomic E-state index is 12.5. The van der Waals surface area contributed by atoms with E-state index in [0.717, 1.165) is 37.9 Å². The van der Waals surface area contributed by atoms with E-state index in [2.05, 4.69) is 36.2 Å². The SMILES string of the molecule is Cc1ccc(NC(=O)N2CCN(C3CCCCCC3)CC2)cc1C. The molecule has 4 nitrogen and oxygen atoms in total. The predicted octanol–water partition coefficient (Wildman–Crippen LogP) is 4.18. The van der Waals surface area contributed by atoms with Crippen LogP contribution in [-0.2, 0) is 0 Å². The zero-order valence-corrected chi connectivity index (χ0v) is 15.2. The Morgan fingerprint density at radius 3 is 2.25 bits per heavy atom. The monoisotopic (exact) mass is 329 g/mol. The number of hydrogen-bond acceptors (Lipinski definition) is 2. The van der Waals surface area contributed by atoms with Crippen molar-refractivity contribution >= 4 is 11.7 Å². The molecule has 2 amide bonds. The number of nitrogens with one attached hydrogen (secondary N) is 1. The van der Waals surface area contributed by atoms with Gasteiger partial charge in [0, 0.05) is 37.9 Å². The second kappa shape index (κ2) is 8.02. The number of carbonyl (C=O) groups excluding carboxylic acids is 1. The van der Waals surface area contributed by atoms with Crippen molar-refractivity contribution in [2.75, 3.05) is 31.5 Å². The molecule has 1 aromatic rings. The first-order chi connectivity index (χ1) is 11.6. The lowest BCUT2D eigenvalue weighted by molar-refractivity contribution is 0.105. The molecular formula is C20H31N3O. The number of amides is 2. The number of urea groups is 1. The molecule has 132 valence electrons. The lowest BCUT2D eigenvalue weighted by Crippen LogP contribution is -2.52. The summed E-state index contributed by atoms with van der Waals surface area (Å²) in [7, 11) is 0. The number of rotatable bonds is 2. The Hall–Kier alpha value is -1.55. The Balaban J connectivity index is 1.50. The van der Waals surface area contributed by atoms with Gasteiger partial charge in [-0.2, -0.15) is 0 Å². The molecule has 1 aromatic carbocycles. The number of anilines is 1. The van der Waals surface area contributed by atoms with Crippen molar-refractivity contribution in [1.82, 2.24) is 9.80 Å². The van der Waals surface area contributed by atoms with E-state index in [1.165, 1.54) is 49.7 Å². The molecule has 2 fully saturated rings. The van der Waals surface area contributed by atoms with Crippen molar-refractivity contribution in [2.24, 2.45) is 0 Å². The number of nitrogens with zero attached hydrogens (tertiary/aromatic N) is 2. The minimum Gasteiger partial charge on any atom is -0.322 e. The molecular weight excluding hydrogens is 298 g/mol. The highest BCUT2D eigenvalue weighted by Crippen LogP contribution is 2.23. The van der Waals surface area contributed by atoms with Crippen molar-refractivity contribution in [1.29, 1.82) is 0 Å². The van der Waals surface area contributed by atoms with Gasteiger partial charge in [0.15, 0.2) is 0 Å².